The molecule has 0 saturated carbocycles. The molecule has 2 aromatic rings. The topological polar surface area (TPSA) is 27.6 Å². The molecule has 0 aromatic heterocycles. The van der Waals surface area contributed by atoms with Gasteiger partial charge in [0, 0.05) is 17.3 Å². The molecule has 4 rings (SSSR count). The number of rotatable bonds is 3. The number of allylic oxidation sites excluding steroid dienone is 2. The summed E-state index contributed by atoms with van der Waals surface area (Å²) in [7, 11) is 0. The normalized spacial score (nSPS) is 24.3. The van der Waals surface area contributed by atoms with Gasteiger partial charge in [-0.05, 0) is 68.1 Å². The molecule has 0 spiro atoms. The third kappa shape index (κ3) is 6.34. The smallest absolute Gasteiger partial charge is 0.179 e. The van der Waals surface area contributed by atoms with Crippen LogP contribution in [-0.4, -0.2) is 27.8 Å². The van der Waals surface area contributed by atoms with Crippen molar-refractivity contribution in [1.29, 1.82) is 0 Å². The number of anilines is 1. The van der Waals surface area contributed by atoms with Gasteiger partial charge in [0.05, 0.1) is 11.3 Å². The maximum Gasteiger partial charge on any atom is 0.179 e. The van der Waals surface area contributed by atoms with Crippen LogP contribution in [0.3, 0.4) is 0 Å². The fourth-order valence-electron chi connectivity index (χ4n) is 3.94. The molecule has 1 N–H and O–H groups in total. The van der Waals surface area contributed by atoms with E-state index >= 15 is 0 Å². The van der Waals surface area contributed by atoms with Gasteiger partial charge in [-0.1, -0.05) is 78.3 Å². The summed E-state index contributed by atoms with van der Waals surface area (Å²) in [6.07, 6.45) is 11.6. The summed E-state index contributed by atoms with van der Waals surface area (Å²) < 4.78 is 0. The lowest BCUT2D eigenvalue weighted by Gasteiger charge is -2.22. The first-order chi connectivity index (χ1) is 15.2. The zero-order chi connectivity index (χ0) is 21.5. The number of thioether (sulfide) groups is 1. The van der Waals surface area contributed by atoms with Crippen molar-refractivity contribution in [3.63, 3.8) is 0 Å². The highest BCUT2D eigenvalue weighted by Crippen LogP contribution is 2.39. The minimum absolute atomic E-state index is 0.315. The van der Waals surface area contributed by atoms with Gasteiger partial charge in [-0.3, -0.25) is 9.89 Å². The van der Waals surface area contributed by atoms with Crippen LogP contribution in [0.4, 0.5) is 5.69 Å². The Hall–Kier alpha value is -1.82. The molecule has 162 valence electrons. The fraction of sp³-hybridized carbons (Fsp3) is 0.360. The minimum Gasteiger partial charge on any atom is -0.332 e. The summed E-state index contributed by atoms with van der Waals surface area (Å²) in [6.45, 7) is 0.812. The van der Waals surface area contributed by atoms with Crippen LogP contribution in [-0.2, 0) is 0 Å². The molecular weight excluding hydrogens is 442 g/mol. The molecule has 6 heteroatoms. The van der Waals surface area contributed by atoms with Crippen LogP contribution in [0.25, 0.3) is 0 Å². The van der Waals surface area contributed by atoms with Gasteiger partial charge in [-0.25, -0.2) is 0 Å². The molecule has 0 radical (unpaired) electrons. The predicted molar refractivity (Wildman–Crippen MR) is 139 cm³/mol. The largest absolute Gasteiger partial charge is 0.332 e. The molecule has 2 unspecified atom stereocenters. The van der Waals surface area contributed by atoms with E-state index in [1.165, 1.54) is 24.8 Å². The van der Waals surface area contributed by atoms with E-state index in [1.54, 1.807) is 0 Å². The second kappa shape index (κ2) is 11.2. The first kappa shape index (κ1) is 22.4. The van der Waals surface area contributed by atoms with Crippen molar-refractivity contribution in [2.24, 2.45) is 4.99 Å². The quantitative estimate of drug-likeness (QED) is 0.372. The van der Waals surface area contributed by atoms with Crippen LogP contribution in [0.2, 0.25) is 5.02 Å². The molecule has 1 aliphatic carbocycles. The number of benzene rings is 2. The summed E-state index contributed by atoms with van der Waals surface area (Å²) in [6, 6.07) is 18.7. The summed E-state index contributed by atoms with van der Waals surface area (Å²) >= 11 is 13.8. The highest BCUT2D eigenvalue weighted by atomic mass is 35.5. The zero-order valence-corrected chi connectivity index (χ0v) is 19.9. The van der Waals surface area contributed by atoms with Gasteiger partial charge < -0.3 is 5.32 Å². The molecule has 1 aliphatic heterocycles. The lowest BCUT2D eigenvalue weighted by molar-refractivity contribution is 0.538. The molecule has 0 bridgehead atoms. The van der Waals surface area contributed by atoms with Gasteiger partial charge in [0.25, 0.3) is 0 Å². The van der Waals surface area contributed by atoms with E-state index in [0.717, 1.165) is 36.7 Å². The fourth-order valence-corrected chi connectivity index (χ4v) is 5.74. The highest BCUT2D eigenvalue weighted by molar-refractivity contribution is 8.14. The van der Waals surface area contributed by atoms with Crippen LogP contribution in [0.15, 0.2) is 71.7 Å². The Morgan fingerprint density at radius 2 is 1.87 bits per heavy atom. The highest BCUT2D eigenvalue weighted by Gasteiger charge is 2.33. The maximum absolute atomic E-state index is 6.16. The van der Waals surface area contributed by atoms with Crippen LogP contribution < -0.4 is 5.32 Å². The van der Waals surface area contributed by atoms with Crippen molar-refractivity contribution >= 4 is 51.5 Å². The standard InChI is InChI=1S/C25H28ClN3S2/c26-20-13-10-16-22(17-20)27-24(30)29-18-23(19-11-6-5-7-12-19)31-25(29)28-21-14-8-3-1-2-4-9-15-21/h1,3,5-7,10-13,16-17,21,23H,2,4,8-9,14-15,18H2,(H,27,30)/b3-1-,28-25+. The van der Waals surface area contributed by atoms with E-state index in [-0.39, 0.29) is 0 Å². The van der Waals surface area contributed by atoms with Crippen LogP contribution in [0.5, 0.6) is 0 Å². The van der Waals surface area contributed by atoms with Crippen molar-refractivity contribution in [1.82, 2.24) is 4.90 Å². The number of hydrogen-bond acceptors (Lipinski definition) is 3. The molecule has 2 aliphatic rings. The Balaban J connectivity index is 1.56. The summed E-state index contributed by atoms with van der Waals surface area (Å²) in [5.41, 5.74) is 2.21. The Morgan fingerprint density at radius 3 is 2.71 bits per heavy atom. The number of nitrogens with zero attached hydrogens (tertiary/aromatic N) is 2. The van der Waals surface area contributed by atoms with E-state index < -0.39 is 0 Å². The number of amidine groups is 1. The molecule has 0 amide bonds. The Kier molecular flexibility index (Phi) is 8.06. The summed E-state index contributed by atoms with van der Waals surface area (Å²) in [5.74, 6) is 0. The van der Waals surface area contributed by atoms with E-state index in [4.69, 9.17) is 28.8 Å². The maximum atomic E-state index is 6.16. The van der Waals surface area contributed by atoms with E-state index in [9.17, 15) is 0 Å². The van der Waals surface area contributed by atoms with Gasteiger partial charge in [0.15, 0.2) is 10.3 Å². The predicted octanol–water partition coefficient (Wildman–Crippen LogP) is 7.46. The van der Waals surface area contributed by atoms with Crippen LogP contribution in [0.1, 0.15) is 49.3 Å². The monoisotopic (exact) mass is 469 g/mol. The van der Waals surface area contributed by atoms with Crippen LogP contribution >= 0.6 is 35.6 Å². The van der Waals surface area contributed by atoms with Gasteiger partial charge in [-0.15, -0.1) is 0 Å². The van der Waals surface area contributed by atoms with Crippen molar-refractivity contribution in [3.8, 4) is 0 Å². The molecule has 3 nitrogen and oxygen atoms in total. The molecule has 1 fully saturated rings. The average molecular weight is 470 g/mol. The van der Waals surface area contributed by atoms with Gasteiger partial charge in [0.2, 0.25) is 0 Å². The second-order valence-electron chi connectivity index (χ2n) is 7.97. The second-order valence-corrected chi connectivity index (χ2v) is 9.96. The van der Waals surface area contributed by atoms with Crippen LogP contribution in [0, 0.1) is 0 Å². The number of aliphatic imine (C=N–C) groups is 1. The van der Waals surface area contributed by atoms with Gasteiger partial charge in [0.1, 0.15) is 0 Å². The summed E-state index contributed by atoms with van der Waals surface area (Å²) in [5, 5.41) is 6.08. The van der Waals surface area contributed by atoms with E-state index in [2.05, 4.69) is 52.7 Å². The third-order valence-corrected chi connectivity index (χ3v) is 7.40. The molecule has 1 saturated heterocycles. The van der Waals surface area contributed by atoms with Crippen molar-refractivity contribution in [3.05, 3.63) is 77.3 Å². The molecule has 2 atom stereocenters. The molecule has 2 aromatic carbocycles. The van der Waals surface area contributed by atoms with Crippen molar-refractivity contribution < 1.29 is 0 Å². The SMILES string of the molecule is S=C(Nc1cccc(Cl)c1)N1CC(c2ccccc2)S/C1=N/C1CC/C=C\CCCC1. The van der Waals surface area contributed by atoms with Crippen molar-refractivity contribution in [2.75, 3.05) is 11.9 Å². The number of hydrogen-bond donors (Lipinski definition) is 1. The first-order valence-corrected chi connectivity index (χ1v) is 12.6. The van der Waals surface area contributed by atoms with Gasteiger partial charge >= 0.3 is 0 Å². The minimum atomic E-state index is 0.315. The molecule has 31 heavy (non-hydrogen) atoms. The van der Waals surface area contributed by atoms with Crippen molar-refractivity contribution in [2.45, 2.75) is 49.8 Å². The van der Waals surface area contributed by atoms with Gasteiger partial charge in [-0.2, -0.15) is 0 Å². The molecule has 1 heterocycles. The molecular formula is C25H28ClN3S2. The van der Waals surface area contributed by atoms with E-state index in [1.807, 2.05) is 36.0 Å². The number of halogens is 1. The summed E-state index contributed by atoms with van der Waals surface area (Å²) in [4.78, 5) is 7.40. The Bertz CT molecular complexity index is 945. The lowest BCUT2D eigenvalue weighted by Crippen LogP contribution is -2.36. The van der Waals surface area contributed by atoms with E-state index in [0.29, 0.717) is 21.4 Å². The number of thiocarbonyl (C=S) groups is 1. The third-order valence-electron chi connectivity index (χ3n) is 5.60. The average Bonchev–Trinajstić information content (AvgIpc) is 3.24. The Morgan fingerprint density at radius 1 is 1.03 bits per heavy atom. The first-order valence-electron chi connectivity index (χ1n) is 11.0. The Labute approximate surface area is 200 Å². The zero-order valence-electron chi connectivity index (χ0n) is 17.5. The lowest BCUT2D eigenvalue weighted by atomic mass is 10.1. The number of nitrogens with one attached hydrogen (secondary N) is 1.